The fourth-order valence-electron chi connectivity index (χ4n) is 10.1. The van der Waals surface area contributed by atoms with Crippen LogP contribution in [0, 0.1) is 34.5 Å². The molecular weight excluding hydrogens is 472 g/mol. The first-order valence-corrected chi connectivity index (χ1v) is 16.2. The molecule has 5 aliphatic rings. The van der Waals surface area contributed by atoms with Crippen molar-refractivity contribution < 1.29 is 9.00 Å². The molecule has 5 aliphatic carbocycles. The van der Waals surface area contributed by atoms with Crippen LogP contribution in [0.2, 0.25) is 0 Å². The number of rotatable bonds is 4. The molecule has 0 heterocycles. The second-order valence-corrected chi connectivity index (χ2v) is 14.6. The van der Waals surface area contributed by atoms with Crippen molar-refractivity contribution in [2.24, 2.45) is 34.5 Å². The van der Waals surface area contributed by atoms with Gasteiger partial charge in [0.05, 0.1) is 10.8 Å². The third-order valence-corrected chi connectivity index (χ3v) is 12.7. The fourth-order valence-corrected chi connectivity index (χ4v) is 10.8. The van der Waals surface area contributed by atoms with E-state index in [9.17, 15) is 9.00 Å². The number of hydrogen-bond donors (Lipinski definition) is 0. The summed E-state index contributed by atoms with van der Waals surface area (Å²) in [6.07, 6.45) is 23.0. The monoisotopic (exact) mass is 512 g/mol. The lowest BCUT2D eigenvalue weighted by atomic mass is 9.45. The molecule has 3 fully saturated rings. The Morgan fingerprint density at radius 2 is 1.92 bits per heavy atom. The van der Waals surface area contributed by atoms with Crippen molar-refractivity contribution in [3.63, 3.8) is 0 Å². The topological polar surface area (TPSA) is 34.1 Å². The van der Waals surface area contributed by atoms with E-state index < -0.39 is 10.8 Å². The fraction of sp³-hybridized carbons (Fsp3) is 0.559. The Bertz CT molecular complexity index is 1350. The highest BCUT2D eigenvalue weighted by Gasteiger charge is 2.58. The van der Waals surface area contributed by atoms with Gasteiger partial charge in [0, 0.05) is 23.0 Å². The van der Waals surface area contributed by atoms with E-state index >= 15 is 0 Å². The maximum atomic E-state index is 12.6. The van der Waals surface area contributed by atoms with E-state index in [0.29, 0.717) is 11.3 Å². The van der Waals surface area contributed by atoms with Crippen molar-refractivity contribution in [3.8, 4) is 0 Å². The molecule has 8 atom stereocenters. The van der Waals surface area contributed by atoms with Crippen molar-refractivity contribution in [2.45, 2.75) is 81.9 Å². The first kappa shape index (κ1) is 24.1. The van der Waals surface area contributed by atoms with E-state index in [4.69, 9.17) is 0 Å². The Morgan fingerprint density at radius 1 is 1.03 bits per heavy atom. The minimum Gasteiger partial charge on any atom is -0.303 e. The molecule has 3 unspecified atom stereocenters. The van der Waals surface area contributed by atoms with E-state index in [1.165, 1.54) is 74.0 Å². The molecule has 3 heteroatoms. The molecule has 0 aliphatic heterocycles. The largest absolute Gasteiger partial charge is 0.303 e. The van der Waals surface area contributed by atoms with E-state index in [1.54, 1.807) is 11.8 Å². The van der Waals surface area contributed by atoms with Crippen molar-refractivity contribution in [2.75, 3.05) is 6.26 Å². The third-order valence-electron chi connectivity index (χ3n) is 11.7. The van der Waals surface area contributed by atoms with E-state index in [1.807, 2.05) is 0 Å². The molecule has 0 amide bonds. The predicted molar refractivity (Wildman–Crippen MR) is 153 cm³/mol. The molecule has 0 radical (unpaired) electrons. The van der Waals surface area contributed by atoms with Crippen molar-refractivity contribution in [3.05, 3.63) is 59.2 Å². The Labute approximate surface area is 224 Å². The number of fused-ring (bicyclic) bond motifs is 5. The van der Waals surface area contributed by atoms with Gasteiger partial charge in [-0.15, -0.1) is 0 Å². The SMILES string of the molecule is CS(=O)c1ccc2cccc3c2c1C=CC3C[C@]12CCC(C=O)C=C1CC[C@H]1[C@@H]3CCC[C@@]3(C)CC[C@@H]12. The average Bonchev–Trinajstić information content (AvgIpc) is 3.31. The molecular formula is C34H40O2S. The highest BCUT2D eigenvalue weighted by atomic mass is 32.2. The standard InChI is InChI=1S/C34H40O2S/c1-33-16-4-7-29(33)27-12-10-25-19-22(21-35)14-18-34(25,30(27)15-17-33)20-24-8-11-28-31(37(2)36)13-9-23-5-3-6-26(24)32(23)28/h3,5-6,8-9,11,13,19,21-22,24,27,29-30H,4,7,10,12,14-18,20H2,1-2H3/t22?,24?,27-,29-,30-,33-,34+,37?/m0/s1. The molecule has 0 spiro atoms. The molecule has 194 valence electrons. The van der Waals surface area contributed by atoms with Crippen LogP contribution in [-0.2, 0) is 15.6 Å². The zero-order chi connectivity index (χ0) is 25.4. The second kappa shape index (κ2) is 8.76. The van der Waals surface area contributed by atoms with Crippen LogP contribution in [0.15, 0.2) is 53.0 Å². The highest BCUT2D eigenvalue weighted by molar-refractivity contribution is 7.84. The summed E-state index contributed by atoms with van der Waals surface area (Å²) in [7, 11) is -1.01. The number of benzene rings is 2. The summed E-state index contributed by atoms with van der Waals surface area (Å²) in [4.78, 5) is 12.8. The third kappa shape index (κ3) is 3.55. The van der Waals surface area contributed by atoms with Gasteiger partial charge in [-0.05, 0) is 114 Å². The number of hydrogen-bond acceptors (Lipinski definition) is 2. The summed E-state index contributed by atoms with van der Waals surface area (Å²) in [5, 5.41) is 2.57. The minimum atomic E-state index is -1.01. The van der Waals surface area contributed by atoms with Gasteiger partial charge in [-0.3, -0.25) is 4.21 Å². The average molecular weight is 513 g/mol. The summed E-state index contributed by atoms with van der Waals surface area (Å²) in [6.45, 7) is 2.60. The normalized spacial score (nSPS) is 38.9. The van der Waals surface area contributed by atoms with Crippen LogP contribution in [0.1, 0.15) is 88.2 Å². The highest BCUT2D eigenvalue weighted by Crippen LogP contribution is 2.67. The van der Waals surface area contributed by atoms with Gasteiger partial charge < -0.3 is 4.79 Å². The molecule has 2 aromatic rings. The van der Waals surface area contributed by atoms with Crippen molar-refractivity contribution in [1.29, 1.82) is 0 Å². The maximum Gasteiger partial charge on any atom is 0.126 e. The summed E-state index contributed by atoms with van der Waals surface area (Å²) < 4.78 is 12.6. The summed E-state index contributed by atoms with van der Waals surface area (Å²) in [5.74, 6) is 2.95. The molecule has 0 N–H and O–H groups in total. The zero-order valence-corrected chi connectivity index (χ0v) is 23.2. The Morgan fingerprint density at radius 3 is 2.76 bits per heavy atom. The molecule has 3 saturated carbocycles. The van der Waals surface area contributed by atoms with Crippen LogP contribution in [0.3, 0.4) is 0 Å². The summed E-state index contributed by atoms with van der Waals surface area (Å²) >= 11 is 0. The number of carbonyl (C=O) groups excluding carboxylic acids is 1. The molecule has 0 bridgehead atoms. The number of carbonyl (C=O) groups is 1. The van der Waals surface area contributed by atoms with Crippen LogP contribution >= 0.6 is 0 Å². The van der Waals surface area contributed by atoms with Crippen LogP contribution in [0.5, 0.6) is 0 Å². The van der Waals surface area contributed by atoms with Crippen molar-refractivity contribution in [1.82, 2.24) is 0 Å². The first-order valence-electron chi connectivity index (χ1n) is 14.7. The Kier molecular flexibility index (Phi) is 5.70. The zero-order valence-electron chi connectivity index (χ0n) is 22.4. The quantitative estimate of drug-likeness (QED) is 0.305. The van der Waals surface area contributed by atoms with Gasteiger partial charge in [0.1, 0.15) is 6.29 Å². The molecule has 37 heavy (non-hydrogen) atoms. The summed E-state index contributed by atoms with van der Waals surface area (Å²) in [5.41, 5.74) is 4.96. The van der Waals surface area contributed by atoms with Gasteiger partial charge >= 0.3 is 0 Å². The van der Waals surface area contributed by atoms with Crippen LogP contribution in [0.4, 0.5) is 0 Å². The van der Waals surface area contributed by atoms with E-state index in [0.717, 1.165) is 41.1 Å². The van der Waals surface area contributed by atoms with Crippen LogP contribution < -0.4 is 0 Å². The maximum absolute atomic E-state index is 12.6. The molecule has 2 nitrogen and oxygen atoms in total. The Balaban J connectivity index is 1.33. The van der Waals surface area contributed by atoms with E-state index in [-0.39, 0.29) is 11.3 Å². The van der Waals surface area contributed by atoms with E-state index in [2.05, 4.69) is 55.5 Å². The lowest BCUT2D eigenvalue weighted by Gasteiger charge is -2.59. The van der Waals surface area contributed by atoms with Gasteiger partial charge in [0.15, 0.2) is 0 Å². The van der Waals surface area contributed by atoms with Gasteiger partial charge in [-0.25, -0.2) is 0 Å². The van der Waals surface area contributed by atoms with Crippen LogP contribution in [0.25, 0.3) is 16.8 Å². The molecule has 0 aromatic heterocycles. The minimum absolute atomic E-state index is 0.105. The number of aldehydes is 1. The van der Waals surface area contributed by atoms with Gasteiger partial charge in [-0.2, -0.15) is 0 Å². The smallest absolute Gasteiger partial charge is 0.126 e. The number of allylic oxidation sites excluding steroid dienone is 3. The molecule has 0 saturated heterocycles. The van der Waals surface area contributed by atoms with Gasteiger partial charge in [-0.1, -0.05) is 61.4 Å². The van der Waals surface area contributed by atoms with Crippen LogP contribution in [-0.4, -0.2) is 16.8 Å². The summed E-state index contributed by atoms with van der Waals surface area (Å²) in [6, 6.07) is 11.0. The second-order valence-electron chi connectivity index (χ2n) is 13.2. The predicted octanol–water partition coefficient (Wildman–Crippen LogP) is 8.23. The first-order chi connectivity index (χ1) is 17.9. The lowest BCUT2D eigenvalue weighted by Crippen LogP contribution is -2.51. The molecule has 7 rings (SSSR count). The van der Waals surface area contributed by atoms with Crippen molar-refractivity contribution >= 4 is 33.9 Å². The molecule has 2 aromatic carbocycles. The lowest BCUT2D eigenvalue weighted by molar-refractivity contribution is -0.111. The van der Waals surface area contributed by atoms with Gasteiger partial charge in [0.25, 0.3) is 0 Å². The Hall–Kier alpha value is -2.00. The van der Waals surface area contributed by atoms with Gasteiger partial charge in [0.2, 0.25) is 0 Å².